The highest BCUT2D eigenvalue weighted by atomic mass is 32.1. The molecule has 1 unspecified atom stereocenters. The number of hydrogen-bond acceptors (Lipinski definition) is 3. The lowest BCUT2D eigenvalue weighted by molar-refractivity contribution is 0.467. The lowest BCUT2D eigenvalue weighted by Crippen LogP contribution is -2.31. The molecule has 0 fully saturated rings. The first kappa shape index (κ1) is 13.0. The average molecular weight is 294 g/mol. The Morgan fingerprint density at radius 2 is 1.71 bits per heavy atom. The molecule has 0 saturated carbocycles. The van der Waals surface area contributed by atoms with Gasteiger partial charge in [-0.05, 0) is 43.0 Å². The van der Waals surface area contributed by atoms with Crippen LogP contribution in [-0.2, 0) is 12.8 Å². The summed E-state index contributed by atoms with van der Waals surface area (Å²) in [6, 6.07) is 18.0. The second-order valence-corrected chi connectivity index (χ2v) is 6.84. The summed E-state index contributed by atoms with van der Waals surface area (Å²) < 4.78 is 1.27. The van der Waals surface area contributed by atoms with E-state index in [9.17, 15) is 0 Å². The van der Waals surface area contributed by atoms with Crippen molar-refractivity contribution >= 4 is 21.6 Å². The molecule has 3 aromatic rings. The zero-order valence-corrected chi connectivity index (χ0v) is 12.9. The molecule has 21 heavy (non-hydrogen) atoms. The molecule has 2 aromatic carbocycles. The molecule has 1 N–H and O–H groups in total. The summed E-state index contributed by atoms with van der Waals surface area (Å²) in [5, 5.41) is 4.94. The van der Waals surface area contributed by atoms with Crippen molar-refractivity contribution in [3.63, 3.8) is 0 Å². The van der Waals surface area contributed by atoms with Gasteiger partial charge in [0.1, 0.15) is 5.01 Å². The van der Waals surface area contributed by atoms with Crippen molar-refractivity contribution in [1.29, 1.82) is 0 Å². The van der Waals surface area contributed by atoms with E-state index in [1.807, 2.05) is 0 Å². The van der Waals surface area contributed by atoms with Crippen LogP contribution in [0.3, 0.4) is 0 Å². The number of fused-ring (bicyclic) bond motifs is 2. The number of thiazole rings is 1. The molecule has 1 aliphatic carbocycles. The first-order valence-electron chi connectivity index (χ1n) is 7.48. The molecule has 0 aliphatic heterocycles. The van der Waals surface area contributed by atoms with Gasteiger partial charge >= 0.3 is 0 Å². The zero-order chi connectivity index (χ0) is 14.2. The molecule has 1 aliphatic rings. The standard InChI is InChI=1S/C18H18N2S/c1-12(18-20-16-8-4-5-9-17(16)21-18)19-15-10-13-6-2-3-7-14(13)11-15/h2-9,12,15,19H,10-11H2,1H3. The lowest BCUT2D eigenvalue weighted by Gasteiger charge is -2.17. The van der Waals surface area contributed by atoms with Crippen LogP contribution in [0.4, 0.5) is 0 Å². The SMILES string of the molecule is CC(NC1Cc2ccccc2C1)c1nc2ccccc2s1. The van der Waals surface area contributed by atoms with Gasteiger partial charge in [0.15, 0.2) is 0 Å². The number of nitrogens with zero attached hydrogens (tertiary/aromatic N) is 1. The fourth-order valence-corrected chi connectivity index (χ4v) is 4.16. The molecule has 0 bridgehead atoms. The predicted octanol–water partition coefficient (Wildman–Crippen LogP) is 4.11. The van der Waals surface area contributed by atoms with Gasteiger partial charge in [-0.3, -0.25) is 0 Å². The van der Waals surface area contributed by atoms with Crippen LogP contribution >= 0.6 is 11.3 Å². The Labute approximate surface area is 128 Å². The number of rotatable bonds is 3. The number of benzene rings is 2. The van der Waals surface area contributed by atoms with Gasteiger partial charge in [-0.2, -0.15) is 0 Å². The molecule has 1 heterocycles. The van der Waals surface area contributed by atoms with Crippen LogP contribution in [0, 0.1) is 0 Å². The van der Waals surface area contributed by atoms with E-state index < -0.39 is 0 Å². The van der Waals surface area contributed by atoms with Crippen molar-refractivity contribution in [2.45, 2.75) is 31.8 Å². The molecule has 1 aromatic heterocycles. The van der Waals surface area contributed by atoms with Crippen LogP contribution in [0.1, 0.15) is 29.1 Å². The van der Waals surface area contributed by atoms with E-state index in [2.05, 4.69) is 60.8 Å². The molecule has 1 atom stereocenters. The van der Waals surface area contributed by atoms with Gasteiger partial charge in [0.25, 0.3) is 0 Å². The number of nitrogens with one attached hydrogen (secondary N) is 1. The third-order valence-electron chi connectivity index (χ3n) is 4.22. The first-order valence-corrected chi connectivity index (χ1v) is 8.29. The third-order valence-corrected chi connectivity index (χ3v) is 5.44. The van der Waals surface area contributed by atoms with E-state index in [-0.39, 0.29) is 0 Å². The monoisotopic (exact) mass is 294 g/mol. The first-order chi connectivity index (χ1) is 10.3. The summed E-state index contributed by atoms with van der Waals surface area (Å²) in [6.07, 6.45) is 2.26. The van der Waals surface area contributed by atoms with E-state index in [0.29, 0.717) is 12.1 Å². The topological polar surface area (TPSA) is 24.9 Å². The van der Waals surface area contributed by atoms with Crippen LogP contribution in [0.5, 0.6) is 0 Å². The minimum atomic E-state index is 0.307. The fourth-order valence-electron chi connectivity index (χ4n) is 3.18. The Balaban J connectivity index is 1.50. The van der Waals surface area contributed by atoms with Gasteiger partial charge in [0.05, 0.1) is 16.3 Å². The Bertz CT molecular complexity index is 719. The predicted molar refractivity (Wildman–Crippen MR) is 88.8 cm³/mol. The van der Waals surface area contributed by atoms with Crippen molar-refractivity contribution in [3.8, 4) is 0 Å². The molecule has 0 radical (unpaired) electrons. The molecular formula is C18H18N2S. The van der Waals surface area contributed by atoms with E-state index in [1.54, 1.807) is 11.3 Å². The van der Waals surface area contributed by atoms with Gasteiger partial charge in [0, 0.05) is 6.04 Å². The Kier molecular flexibility index (Phi) is 3.24. The van der Waals surface area contributed by atoms with Crippen LogP contribution in [0.2, 0.25) is 0 Å². The van der Waals surface area contributed by atoms with Crippen LogP contribution in [0.25, 0.3) is 10.2 Å². The molecule has 0 saturated heterocycles. The molecular weight excluding hydrogens is 276 g/mol. The maximum Gasteiger partial charge on any atom is 0.111 e. The van der Waals surface area contributed by atoms with E-state index in [4.69, 9.17) is 4.98 Å². The van der Waals surface area contributed by atoms with Crippen molar-refractivity contribution in [2.75, 3.05) is 0 Å². The zero-order valence-electron chi connectivity index (χ0n) is 12.0. The minimum absolute atomic E-state index is 0.307. The smallest absolute Gasteiger partial charge is 0.111 e. The average Bonchev–Trinajstić information content (AvgIpc) is 3.10. The summed E-state index contributed by atoms with van der Waals surface area (Å²) >= 11 is 1.80. The van der Waals surface area contributed by atoms with E-state index >= 15 is 0 Å². The van der Waals surface area contributed by atoms with Crippen molar-refractivity contribution < 1.29 is 0 Å². The molecule has 0 amide bonds. The normalized spacial score (nSPS) is 16.2. The van der Waals surface area contributed by atoms with Crippen molar-refractivity contribution in [3.05, 3.63) is 64.7 Å². The quantitative estimate of drug-likeness (QED) is 0.786. The summed E-state index contributed by atoms with van der Waals surface area (Å²) in [5.41, 5.74) is 4.10. The van der Waals surface area contributed by atoms with E-state index in [1.165, 1.54) is 20.8 Å². The highest BCUT2D eigenvalue weighted by Gasteiger charge is 2.23. The summed E-state index contributed by atoms with van der Waals surface area (Å²) in [5.74, 6) is 0. The molecule has 3 heteroatoms. The summed E-state index contributed by atoms with van der Waals surface area (Å²) in [6.45, 7) is 2.22. The summed E-state index contributed by atoms with van der Waals surface area (Å²) in [7, 11) is 0. The van der Waals surface area contributed by atoms with E-state index in [0.717, 1.165) is 18.4 Å². The molecule has 4 rings (SSSR count). The van der Waals surface area contributed by atoms with Gasteiger partial charge in [-0.15, -0.1) is 11.3 Å². The number of hydrogen-bond donors (Lipinski definition) is 1. The van der Waals surface area contributed by atoms with Crippen LogP contribution in [-0.4, -0.2) is 11.0 Å². The van der Waals surface area contributed by atoms with Gasteiger partial charge in [0.2, 0.25) is 0 Å². The summed E-state index contributed by atoms with van der Waals surface area (Å²) in [4.78, 5) is 4.76. The maximum absolute atomic E-state index is 4.76. The van der Waals surface area contributed by atoms with Crippen molar-refractivity contribution in [2.24, 2.45) is 0 Å². The highest BCUT2D eigenvalue weighted by Crippen LogP contribution is 2.28. The molecule has 106 valence electrons. The highest BCUT2D eigenvalue weighted by molar-refractivity contribution is 7.18. The largest absolute Gasteiger partial charge is 0.305 e. The Hall–Kier alpha value is -1.71. The Morgan fingerprint density at radius 1 is 1.05 bits per heavy atom. The molecule has 0 spiro atoms. The second kappa shape index (κ2) is 5.24. The lowest BCUT2D eigenvalue weighted by atomic mass is 10.1. The second-order valence-electron chi connectivity index (χ2n) is 5.78. The van der Waals surface area contributed by atoms with Crippen molar-refractivity contribution in [1.82, 2.24) is 10.3 Å². The number of aromatic nitrogens is 1. The fraction of sp³-hybridized carbons (Fsp3) is 0.278. The van der Waals surface area contributed by atoms with Crippen LogP contribution in [0.15, 0.2) is 48.5 Å². The van der Waals surface area contributed by atoms with Crippen LogP contribution < -0.4 is 5.32 Å². The molecule has 2 nitrogen and oxygen atoms in total. The van der Waals surface area contributed by atoms with Gasteiger partial charge in [-0.25, -0.2) is 4.98 Å². The minimum Gasteiger partial charge on any atom is -0.305 e. The van der Waals surface area contributed by atoms with Gasteiger partial charge in [-0.1, -0.05) is 36.4 Å². The Morgan fingerprint density at radius 3 is 2.43 bits per heavy atom. The van der Waals surface area contributed by atoms with Gasteiger partial charge < -0.3 is 5.32 Å². The maximum atomic E-state index is 4.76. The third kappa shape index (κ3) is 2.47. The number of para-hydroxylation sites is 1.